The van der Waals surface area contributed by atoms with E-state index in [2.05, 4.69) is 20.6 Å². The molecular formula is C19H16N4O2. The lowest BCUT2D eigenvalue weighted by molar-refractivity contribution is 0.0961. The summed E-state index contributed by atoms with van der Waals surface area (Å²) in [5.74, 6) is -0.000853. The summed E-state index contributed by atoms with van der Waals surface area (Å²) < 4.78 is 0. The fraction of sp³-hybridized carbons (Fsp3) is 0.0526. The van der Waals surface area contributed by atoms with Crippen LogP contribution in [0.3, 0.4) is 0 Å². The van der Waals surface area contributed by atoms with E-state index in [1.807, 2.05) is 30.3 Å². The van der Waals surface area contributed by atoms with E-state index >= 15 is 0 Å². The number of carbonyl (C=O) groups excluding carboxylic acids is 2. The molecule has 2 aromatic carbocycles. The number of hydrogen-bond donors (Lipinski definition) is 2. The molecule has 0 aliphatic rings. The number of aromatic nitrogens is 2. The van der Waals surface area contributed by atoms with Gasteiger partial charge in [0.25, 0.3) is 11.8 Å². The molecule has 0 unspecified atom stereocenters. The standard InChI is InChI=1S/C19H16N4O2/c1-20-18(24)14-8-5-9-16(10-14)23-19(25)15-11-21-17(22-12-15)13-6-3-2-4-7-13/h2-12H,1H3,(H,20,24)(H,23,25). The molecular weight excluding hydrogens is 316 g/mol. The number of nitrogens with zero attached hydrogens (tertiary/aromatic N) is 2. The maximum absolute atomic E-state index is 12.3. The third-order valence-corrected chi connectivity index (χ3v) is 3.56. The molecule has 2 N–H and O–H groups in total. The molecule has 0 spiro atoms. The Morgan fingerprint density at radius 1 is 0.840 bits per heavy atom. The van der Waals surface area contributed by atoms with Crippen LogP contribution in [-0.4, -0.2) is 28.8 Å². The van der Waals surface area contributed by atoms with E-state index in [0.29, 0.717) is 22.6 Å². The molecule has 0 radical (unpaired) electrons. The monoisotopic (exact) mass is 332 g/mol. The van der Waals surface area contributed by atoms with Gasteiger partial charge in [0.05, 0.1) is 5.56 Å². The van der Waals surface area contributed by atoms with Crippen molar-refractivity contribution in [3.63, 3.8) is 0 Å². The molecule has 0 saturated heterocycles. The van der Waals surface area contributed by atoms with E-state index in [1.54, 1.807) is 31.3 Å². The van der Waals surface area contributed by atoms with Crippen LogP contribution in [0, 0.1) is 0 Å². The number of hydrogen-bond acceptors (Lipinski definition) is 4. The predicted molar refractivity (Wildman–Crippen MR) is 95.3 cm³/mol. The maximum Gasteiger partial charge on any atom is 0.258 e. The zero-order valence-electron chi connectivity index (χ0n) is 13.6. The topological polar surface area (TPSA) is 84.0 Å². The quantitative estimate of drug-likeness (QED) is 0.769. The fourth-order valence-electron chi connectivity index (χ4n) is 2.27. The van der Waals surface area contributed by atoms with Crippen LogP contribution in [0.1, 0.15) is 20.7 Å². The van der Waals surface area contributed by atoms with E-state index in [1.165, 1.54) is 12.4 Å². The second-order valence-electron chi connectivity index (χ2n) is 5.28. The molecule has 2 amide bonds. The third kappa shape index (κ3) is 3.87. The molecule has 0 atom stereocenters. The Balaban J connectivity index is 1.74. The summed E-state index contributed by atoms with van der Waals surface area (Å²) in [6.07, 6.45) is 2.96. The van der Waals surface area contributed by atoms with Crippen molar-refractivity contribution in [2.24, 2.45) is 0 Å². The minimum absolute atomic E-state index is 0.216. The first-order valence-corrected chi connectivity index (χ1v) is 7.68. The van der Waals surface area contributed by atoms with Gasteiger partial charge in [-0.15, -0.1) is 0 Å². The van der Waals surface area contributed by atoms with Crippen molar-refractivity contribution in [3.05, 3.63) is 78.1 Å². The Bertz CT molecular complexity index is 893. The van der Waals surface area contributed by atoms with Crippen LogP contribution in [0.25, 0.3) is 11.4 Å². The average molecular weight is 332 g/mol. The Kier molecular flexibility index (Phi) is 4.80. The van der Waals surface area contributed by atoms with Gasteiger partial charge in [0.15, 0.2) is 5.82 Å². The average Bonchev–Trinajstić information content (AvgIpc) is 2.68. The largest absolute Gasteiger partial charge is 0.355 e. The van der Waals surface area contributed by atoms with Crippen LogP contribution in [-0.2, 0) is 0 Å². The van der Waals surface area contributed by atoms with Gasteiger partial charge in [0.1, 0.15) is 0 Å². The van der Waals surface area contributed by atoms with Crippen molar-refractivity contribution in [2.75, 3.05) is 12.4 Å². The molecule has 124 valence electrons. The highest BCUT2D eigenvalue weighted by Gasteiger charge is 2.10. The lowest BCUT2D eigenvalue weighted by Crippen LogP contribution is -2.18. The van der Waals surface area contributed by atoms with Gasteiger partial charge in [-0.3, -0.25) is 9.59 Å². The summed E-state index contributed by atoms with van der Waals surface area (Å²) in [5.41, 5.74) is 2.21. The summed E-state index contributed by atoms with van der Waals surface area (Å²) in [7, 11) is 1.55. The SMILES string of the molecule is CNC(=O)c1cccc(NC(=O)c2cnc(-c3ccccc3)nc2)c1. The lowest BCUT2D eigenvalue weighted by atomic mass is 10.2. The lowest BCUT2D eigenvalue weighted by Gasteiger charge is -2.07. The second kappa shape index (κ2) is 7.35. The molecule has 1 aromatic heterocycles. The van der Waals surface area contributed by atoms with Crippen molar-refractivity contribution in [2.45, 2.75) is 0 Å². The van der Waals surface area contributed by atoms with E-state index in [0.717, 1.165) is 5.56 Å². The normalized spacial score (nSPS) is 10.1. The summed E-state index contributed by atoms with van der Waals surface area (Å²) in [6.45, 7) is 0. The van der Waals surface area contributed by atoms with Gasteiger partial charge in [0, 0.05) is 36.3 Å². The second-order valence-corrected chi connectivity index (χ2v) is 5.28. The van der Waals surface area contributed by atoms with Crippen LogP contribution in [0.4, 0.5) is 5.69 Å². The van der Waals surface area contributed by atoms with Crippen LogP contribution in [0.5, 0.6) is 0 Å². The number of rotatable bonds is 4. The smallest absolute Gasteiger partial charge is 0.258 e. The summed E-state index contributed by atoms with van der Waals surface area (Å²) >= 11 is 0. The van der Waals surface area contributed by atoms with Gasteiger partial charge in [-0.2, -0.15) is 0 Å². The van der Waals surface area contributed by atoms with Crippen LogP contribution in [0.2, 0.25) is 0 Å². The number of nitrogens with one attached hydrogen (secondary N) is 2. The molecule has 0 saturated carbocycles. The first kappa shape index (κ1) is 16.3. The first-order chi connectivity index (χ1) is 12.2. The highest BCUT2D eigenvalue weighted by Crippen LogP contribution is 2.15. The van der Waals surface area contributed by atoms with Gasteiger partial charge in [-0.05, 0) is 18.2 Å². The van der Waals surface area contributed by atoms with Crippen molar-refractivity contribution < 1.29 is 9.59 Å². The molecule has 3 aromatic rings. The van der Waals surface area contributed by atoms with Gasteiger partial charge in [0.2, 0.25) is 0 Å². The van der Waals surface area contributed by atoms with Gasteiger partial charge < -0.3 is 10.6 Å². The molecule has 6 heteroatoms. The van der Waals surface area contributed by atoms with Gasteiger partial charge in [-0.25, -0.2) is 9.97 Å². The molecule has 25 heavy (non-hydrogen) atoms. The molecule has 0 aliphatic heterocycles. The Morgan fingerprint density at radius 3 is 2.24 bits per heavy atom. The van der Waals surface area contributed by atoms with Crippen LogP contribution < -0.4 is 10.6 Å². The van der Waals surface area contributed by atoms with Crippen molar-refractivity contribution >= 4 is 17.5 Å². The van der Waals surface area contributed by atoms with Crippen molar-refractivity contribution in [1.29, 1.82) is 0 Å². The number of benzene rings is 2. The summed E-state index contributed by atoms with van der Waals surface area (Å²) in [5, 5.41) is 5.28. The zero-order valence-corrected chi connectivity index (χ0v) is 13.6. The minimum atomic E-state index is -0.339. The van der Waals surface area contributed by atoms with Crippen molar-refractivity contribution in [1.82, 2.24) is 15.3 Å². The number of amides is 2. The highest BCUT2D eigenvalue weighted by atomic mass is 16.2. The first-order valence-electron chi connectivity index (χ1n) is 7.68. The zero-order chi connectivity index (χ0) is 17.6. The Morgan fingerprint density at radius 2 is 1.56 bits per heavy atom. The third-order valence-electron chi connectivity index (χ3n) is 3.56. The molecule has 6 nitrogen and oxygen atoms in total. The maximum atomic E-state index is 12.3. The Labute approximate surface area is 145 Å². The van der Waals surface area contributed by atoms with E-state index < -0.39 is 0 Å². The molecule has 0 aliphatic carbocycles. The van der Waals surface area contributed by atoms with Crippen molar-refractivity contribution in [3.8, 4) is 11.4 Å². The molecule has 0 bridgehead atoms. The predicted octanol–water partition coefficient (Wildman–Crippen LogP) is 2.76. The van der Waals surface area contributed by atoms with E-state index in [4.69, 9.17) is 0 Å². The summed E-state index contributed by atoms with van der Waals surface area (Å²) in [4.78, 5) is 32.4. The fourth-order valence-corrected chi connectivity index (χ4v) is 2.27. The Hall–Kier alpha value is -3.54. The summed E-state index contributed by atoms with van der Waals surface area (Å²) in [6, 6.07) is 16.2. The van der Waals surface area contributed by atoms with E-state index in [-0.39, 0.29) is 11.8 Å². The minimum Gasteiger partial charge on any atom is -0.355 e. The van der Waals surface area contributed by atoms with Gasteiger partial charge in [-0.1, -0.05) is 36.4 Å². The highest BCUT2D eigenvalue weighted by molar-refractivity contribution is 6.04. The number of carbonyl (C=O) groups is 2. The van der Waals surface area contributed by atoms with Gasteiger partial charge >= 0.3 is 0 Å². The van der Waals surface area contributed by atoms with Crippen LogP contribution >= 0.6 is 0 Å². The molecule has 1 heterocycles. The number of anilines is 1. The molecule has 0 fully saturated rings. The van der Waals surface area contributed by atoms with E-state index in [9.17, 15) is 9.59 Å². The molecule has 3 rings (SSSR count). The van der Waals surface area contributed by atoms with Crippen LogP contribution in [0.15, 0.2) is 67.0 Å².